The van der Waals surface area contributed by atoms with Gasteiger partial charge in [0.05, 0.1) is 13.0 Å². The highest BCUT2D eigenvalue weighted by atomic mass is 16.7. The van der Waals surface area contributed by atoms with E-state index in [-0.39, 0.29) is 25.7 Å². The Bertz CT molecular complexity index is 850. The van der Waals surface area contributed by atoms with Gasteiger partial charge in [0.1, 0.15) is 25.4 Å². The number of esters is 6. The van der Waals surface area contributed by atoms with Gasteiger partial charge < -0.3 is 33.2 Å². The van der Waals surface area contributed by atoms with Crippen molar-refractivity contribution in [2.45, 2.75) is 78.0 Å². The van der Waals surface area contributed by atoms with E-state index in [9.17, 15) is 28.8 Å². The third-order valence-electron chi connectivity index (χ3n) is 5.11. The predicted octanol–water partition coefficient (Wildman–Crippen LogP) is 1.15. The first-order chi connectivity index (χ1) is 17.6. The van der Waals surface area contributed by atoms with Gasteiger partial charge in [-0.2, -0.15) is 0 Å². The van der Waals surface area contributed by atoms with E-state index >= 15 is 0 Å². The third-order valence-corrected chi connectivity index (χ3v) is 5.11. The summed E-state index contributed by atoms with van der Waals surface area (Å²) in [4.78, 5) is 71.9. The van der Waals surface area contributed by atoms with Crippen LogP contribution in [0.15, 0.2) is 12.2 Å². The second-order valence-electron chi connectivity index (χ2n) is 7.69. The van der Waals surface area contributed by atoms with Gasteiger partial charge in [-0.05, 0) is 0 Å². The van der Waals surface area contributed by atoms with Crippen molar-refractivity contribution in [1.82, 2.24) is 0 Å². The molecule has 208 valence electrons. The van der Waals surface area contributed by atoms with Crippen LogP contribution in [-0.2, 0) is 61.9 Å². The number of rotatable bonds is 13. The normalized spacial score (nSPS) is 23.0. The van der Waals surface area contributed by atoms with Gasteiger partial charge in [0.2, 0.25) is 6.29 Å². The Balaban J connectivity index is 3.44. The van der Waals surface area contributed by atoms with Crippen LogP contribution in [0.25, 0.3) is 0 Å². The summed E-state index contributed by atoms with van der Waals surface area (Å²) in [5.41, 5.74) is 0. The molecule has 0 amide bonds. The molecule has 1 fully saturated rings. The standard InChI is InChI=1S/C24H34O13/c1-6-16(25)32-12-14-22(35-18(27)8-3)15(13-33-17(26)7-2)34-24(23(14)36-19(28)9-4)37-21(30)11-10-20(29)31-5/h10-11,14-15,22-24H,6-9,12-13H2,1-5H3/b11-10+/t14?,15?,22-,23+,24+/m0/s1. The number of hydrogen-bond donors (Lipinski definition) is 0. The predicted molar refractivity (Wildman–Crippen MR) is 122 cm³/mol. The maximum atomic E-state index is 12.4. The molecule has 0 N–H and O–H groups in total. The molecule has 0 aromatic heterocycles. The Morgan fingerprint density at radius 3 is 1.65 bits per heavy atom. The minimum Gasteiger partial charge on any atom is -0.466 e. The van der Waals surface area contributed by atoms with Crippen molar-refractivity contribution in [2.75, 3.05) is 20.3 Å². The SMILES string of the molecule is CCC(=O)OCC1O[C@H](OC(=O)/C=C/C(=O)OC)[C@H](OC(=O)CC)C(COC(=O)CC)[C@@H]1OC(=O)CC. The largest absolute Gasteiger partial charge is 0.466 e. The topological polar surface area (TPSA) is 167 Å². The van der Waals surface area contributed by atoms with Crippen LogP contribution in [0.2, 0.25) is 0 Å². The van der Waals surface area contributed by atoms with Crippen molar-refractivity contribution >= 4 is 35.8 Å². The van der Waals surface area contributed by atoms with Crippen LogP contribution in [0.5, 0.6) is 0 Å². The van der Waals surface area contributed by atoms with E-state index in [0.717, 1.165) is 19.3 Å². The van der Waals surface area contributed by atoms with Gasteiger partial charge in [0.15, 0.2) is 6.10 Å². The highest BCUT2D eigenvalue weighted by molar-refractivity contribution is 5.91. The Labute approximate surface area is 214 Å². The number of methoxy groups -OCH3 is 1. The molecule has 0 aromatic carbocycles. The van der Waals surface area contributed by atoms with Crippen LogP contribution in [-0.4, -0.2) is 80.7 Å². The van der Waals surface area contributed by atoms with Gasteiger partial charge in [-0.1, -0.05) is 27.7 Å². The van der Waals surface area contributed by atoms with Gasteiger partial charge >= 0.3 is 35.8 Å². The lowest BCUT2D eigenvalue weighted by atomic mass is 9.89. The summed E-state index contributed by atoms with van der Waals surface area (Å²) in [6, 6.07) is 0. The quantitative estimate of drug-likeness (QED) is 0.189. The van der Waals surface area contributed by atoms with Crippen LogP contribution in [0.4, 0.5) is 0 Å². The lowest BCUT2D eigenvalue weighted by molar-refractivity contribution is -0.291. The molecule has 1 heterocycles. The highest BCUT2D eigenvalue weighted by Gasteiger charge is 2.52. The van der Waals surface area contributed by atoms with E-state index < -0.39 is 79.5 Å². The molecule has 2 unspecified atom stereocenters. The van der Waals surface area contributed by atoms with Gasteiger partial charge in [-0.3, -0.25) is 19.2 Å². The van der Waals surface area contributed by atoms with Gasteiger partial charge in [0.25, 0.3) is 0 Å². The molecular formula is C24H34O13. The Hall–Kier alpha value is -3.48. The van der Waals surface area contributed by atoms with E-state index in [2.05, 4.69) is 4.74 Å². The molecule has 1 saturated heterocycles. The molecule has 13 nitrogen and oxygen atoms in total. The molecule has 5 atom stereocenters. The second kappa shape index (κ2) is 16.3. The van der Waals surface area contributed by atoms with E-state index in [1.807, 2.05) is 0 Å². The molecule has 13 heteroatoms. The molecule has 1 aliphatic heterocycles. The highest BCUT2D eigenvalue weighted by Crippen LogP contribution is 2.33. The summed E-state index contributed by atoms with van der Waals surface area (Å²) in [6.45, 7) is 5.42. The van der Waals surface area contributed by atoms with E-state index in [1.54, 1.807) is 20.8 Å². The smallest absolute Gasteiger partial charge is 0.333 e. The Kier molecular flexibility index (Phi) is 13.9. The Morgan fingerprint density at radius 2 is 1.14 bits per heavy atom. The van der Waals surface area contributed by atoms with Gasteiger partial charge in [0, 0.05) is 37.8 Å². The molecule has 0 aromatic rings. The number of carbonyl (C=O) groups is 6. The number of hydrogen-bond acceptors (Lipinski definition) is 13. The monoisotopic (exact) mass is 530 g/mol. The summed E-state index contributed by atoms with van der Waals surface area (Å²) >= 11 is 0. The van der Waals surface area contributed by atoms with Crippen LogP contribution in [0.1, 0.15) is 53.4 Å². The number of ether oxygens (including phenoxy) is 7. The first-order valence-corrected chi connectivity index (χ1v) is 11.9. The van der Waals surface area contributed by atoms with E-state index in [1.165, 1.54) is 6.92 Å². The number of carbonyl (C=O) groups excluding carboxylic acids is 6. The van der Waals surface area contributed by atoms with Crippen LogP contribution in [0.3, 0.4) is 0 Å². The fourth-order valence-corrected chi connectivity index (χ4v) is 3.11. The van der Waals surface area contributed by atoms with Crippen LogP contribution < -0.4 is 0 Å². The maximum absolute atomic E-state index is 12.4. The zero-order chi connectivity index (χ0) is 28.0. The summed E-state index contributed by atoms with van der Waals surface area (Å²) < 4.78 is 37.0. The molecule has 0 radical (unpaired) electrons. The maximum Gasteiger partial charge on any atom is 0.333 e. The van der Waals surface area contributed by atoms with Gasteiger partial charge in [-0.25, -0.2) is 9.59 Å². The fraction of sp³-hybridized carbons (Fsp3) is 0.667. The third kappa shape index (κ3) is 10.6. The van der Waals surface area contributed by atoms with Crippen molar-refractivity contribution < 1.29 is 61.9 Å². The molecule has 0 bridgehead atoms. The lowest BCUT2D eigenvalue weighted by Crippen LogP contribution is -2.60. The summed E-state index contributed by atoms with van der Waals surface area (Å²) in [7, 11) is 1.12. The van der Waals surface area contributed by atoms with Gasteiger partial charge in [-0.15, -0.1) is 0 Å². The van der Waals surface area contributed by atoms with Crippen molar-refractivity contribution in [3.8, 4) is 0 Å². The second-order valence-corrected chi connectivity index (χ2v) is 7.69. The summed E-state index contributed by atoms with van der Waals surface area (Å²) in [5.74, 6) is -5.46. The minimum absolute atomic E-state index is 0.0183. The molecule has 0 spiro atoms. The van der Waals surface area contributed by atoms with Crippen molar-refractivity contribution in [1.29, 1.82) is 0 Å². The average Bonchev–Trinajstić information content (AvgIpc) is 2.90. The molecule has 37 heavy (non-hydrogen) atoms. The van der Waals surface area contributed by atoms with Crippen molar-refractivity contribution in [2.24, 2.45) is 5.92 Å². The van der Waals surface area contributed by atoms with Crippen LogP contribution in [0, 0.1) is 5.92 Å². The zero-order valence-corrected chi connectivity index (χ0v) is 21.6. The minimum atomic E-state index is -1.60. The van der Waals surface area contributed by atoms with Crippen molar-refractivity contribution in [3.63, 3.8) is 0 Å². The van der Waals surface area contributed by atoms with E-state index in [4.69, 9.17) is 28.4 Å². The van der Waals surface area contributed by atoms with E-state index in [0.29, 0.717) is 0 Å². The first kappa shape index (κ1) is 31.5. The van der Waals surface area contributed by atoms with Crippen LogP contribution >= 0.6 is 0 Å². The average molecular weight is 531 g/mol. The fourth-order valence-electron chi connectivity index (χ4n) is 3.11. The summed E-state index contributed by atoms with van der Waals surface area (Å²) in [5, 5.41) is 0. The van der Waals surface area contributed by atoms with Crippen molar-refractivity contribution in [3.05, 3.63) is 12.2 Å². The molecular weight excluding hydrogens is 496 g/mol. The first-order valence-electron chi connectivity index (χ1n) is 11.9. The lowest BCUT2D eigenvalue weighted by Gasteiger charge is -2.44. The molecule has 1 rings (SSSR count). The molecule has 0 saturated carbocycles. The molecule has 0 aliphatic carbocycles. The zero-order valence-electron chi connectivity index (χ0n) is 21.6. The molecule has 1 aliphatic rings. The summed E-state index contributed by atoms with van der Waals surface area (Å²) in [6.07, 6.45) is -3.79. The Morgan fingerprint density at radius 1 is 0.649 bits per heavy atom.